The van der Waals surface area contributed by atoms with E-state index in [1.165, 1.54) is 7.11 Å². The highest BCUT2D eigenvalue weighted by Crippen LogP contribution is 1.96. The van der Waals surface area contributed by atoms with Gasteiger partial charge in [0.25, 0.3) is 0 Å². The quantitative estimate of drug-likeness (QED) is 0.508. The van der Waals surface area contributed by atoms with Crippen LogP contribution in [0.3, 0.4) is 0 Å². The first-order valence-electron chi connectivity index (χ1n) is 4.65. The van der Waals surface area contributed by atoms with Crippen molar-refractivity contribution in [2.45, 2.75) is 6.92 Å². The van der Waals surface area contributed by atoms with Crippen LogP contribution in [0.1, 0.15) is 6.92 Å². The number of esters is 1. The van der Waals surface area contributed by atoms with Gasteiger partial charge in [-0.3, -0.25) is 9.69 Å². The summed E-state index contributed by atoms with van der Waals surface area (Å²) in [5, 5.41) is 2.52. The molecule has 0 spiro atoms. The predicted octanol–water partition coefficient (Wildman–Crippen LogP) is -0.216. The Bertz CT molecular complexity index is 261. The van der Waals surface area contributed by atoms with Crippen molar-refractivity contribution < 1.29 is 14.3 Å². The Hall–Kier alpha value is -1.36. The molecular formula is C10H18N2O3. The van der Waals surface area contributed by atoms with Crippen LogP contribution >= 0.6 is 0 Å². The van der Waals surface area contributed by atoms with Gasteiger partial charge in [-0.2, -0.15) is 0 Å². The van der Waals surface area contributed by atoms with Crippen molar-refractivity contribution in [2.24, 2.45) is 0 Å². The van der Waals surface area contributed by atoms with Gasteiger partial charge in [0.2, 0.25) is 5.91 Å². The molecule has 0 saturated carbocycles. The van der Waals surface area contributed by atoms with Crippen LogP contribution in [0.2, 0.25) is 0 Å². The van der Waals surface area contributed by atoms with Crippen molar-refractivity contribution >= 4 is 11.9 Å². The number of nitrogens with zero attached hydrogens (tertiary/aromatic N) is 1. The smallest absolute Gasteiger partial charge is 0.333 e. The molecule has 0 aromatic carbocycles. The van der Waals surface area contributed by atoms with Gasteiger partial charge in [0.15, 0.2) is 0 Å². The molecule has 0 heterocycles. The van der Waals surface area contributed by atoms with Gasteiger partial charge in [-0.1, -0.05) is 6.08 Å². The Labute approximate surface area is 90.1 Å². The lowest BCUT2D eigenvalue weighted by Crippen LogP contribution is -2.33. The first-order valence-corrected chi connectivity index (χ1v) is 4.65. The molecule has 1 amide bonds. The minimum absolute atomic E-state index is 0.0541. The molecule has 0 rings (SSSR count). The molecule has 0 fully saturated rings. The third-order valence-electron chi connectivity index (χ3n) is 1.91. The maximum atomic E-state index is 11.0. The number of hydrogen-bond acceptors (Lipinski definition) is 4. The molecule has 0 bridgehead atoms. The fourth-order valence-electron chi connectivity index (χ4n) is 0.926. The molecule has 5 nitrogen and oxygen atoms in total. The van der Waals surface area contributed by atoms with E-state index in [-0.39, 0.29) is 11.9 Å². The molecule has 86 valence electrons. The highest BCUT2D eigenvalue weighted by atomic mass is 16.5. The lowest BCUT2D eigenvalue weighted by Gasteiger charge is -2.13. The summed E-state index contributed by atoms with van der Waals surface area (Å²) in [6, 6.07) is 0. The van der Waals surface area contributed by atoms with Crippen molar-refractivity contribution in [3.8, 4) is 0 Å². The minimum Gasteiger partial charge on any atom is -0.466 e. The van der Waals surface area contributed by atoms with E-state index < -0.39 is 0 Å². The molecule has 1 N–H and O–H groups in total. The average Bonchev–Trinajstić information content (AvgIpc) is 2.24. The zero-order chi connectivity index (χ0) is 11.8. The van der Waals surface area contributed by atoms with Gasteiger partial charge in [-0.15, -0.1) is 0 Å². The van der Waals surface area contributed by atoms with Crippen LogP contribution < -0.4 is 5.32 Å². The van der Waals surface area contributed by atoms with Gasteiger partial charge in [0, 0.05) is 19.2 Å². The van der Waals surface area contributed by atoms with Crippen LogP contribution in [-0.4, -0.2) is 51.1 Å². The Kier molecular flexibility index (Phi) is 6.37. The second kappa shape index (κ2) is 7.00. The molecule has 0 aliphatic heterocycles. The molecule has 0 aromatic heterocycles. The number of hydrogen-bond donors (Lipinski definition) is 1. The topological polar surface area (TPSA) is 58.6 Å². The second-order valence-corrected chi connectivity index (χ2v) is 3.25. The lowest BCUT2D eigenvalue weighted by atomic mass is 10.3. The number of amides is 1. The van der Waals surface area contributed by atoms with Crippen molar-refractivity contribution in [1.82, 2.24) is 10.2 Å². The van der Waals surface area contributed by atoms with Crippen LogP contribution in [-0.2, 0) is 14.3 Å². The number of carbonyl (C=O) groups is 2. The number of methoxy groups -OCH3 is 1. The largest absolute Gasteiger partial charge is 0.466 e. The Morgan fingerprint density at radius 2 is 2.07 bits per heavy atom. The molecule has 0 atom stereocenters. The second-order valence-electron chi connectivity index (χ2n) is 3.25. The SMILES string of the molecule is CNC(=O)CN(C)CC=C(C)C(=O)OC. The molecule has 0 saturated heterocycles. The van der Waals surface area contributed by atoms with Crippen LogP contribution in [0.25, 0.3) is 0 Å². The number of nitrogens with one attached hydrogen (secondary N) is 1. The Balaban J connectivity index is 4.03. The number of likely N-dealkylation sites (N-methyl/N-ethyl adjacent to an activating group) is 2. The minimum atomic E-state index is -0.344. The standard InChI is InChI=1S/C10H18N2O3/c1-8(10(14)15-4)5-6-12(3)7-9(13)11-2/h5H,6-7H2,1-4H3,(H,11,13). The van der Waals surface area contributed by atoms with Crippen molar-refractivity contribution in [2.75, 3.05) is 34.3 Å². The van der Waals surface area contributed by atoms with E-state index in [1.807, 2.05) is 0 Å². The maximum absolute atomic E-state index is 11.0. The van der Waals surface area contributed by atoms with Crippen LogP contribution in [0.15, 0.2) is 11.6 Å². The number of carbonyl (C=O) groups excluding carboxylic acids is 2. The van der Waals surface area contributed by atoms with E-state index in [9.17, 15) is 9.59 Å². The lowest BCUT2D eigenvalue weighted by molar-refractivity contribution is -0.136. The third-order valence-corrected chi connectivity index (χ3v) is 1.91. The number of rotatable bonds is 5. The summed E-state index contributed by atoms with van der Waals surface area (Å²) in [6.45, 7) is 2.52. The molecule has 0 aliphatic carbocycles. The predicted molar refractivity (Wildman–Crippen MR) is 57.3 cm³/mol. The summed E-state index contributed by atoms with van der Waals surface area (Å²) in [5.74, 6) is -0.398. The maximum Gasteiger partial charge on any atom is 0.333 e. The zero-order valence-corrected chi connectivity index (χ0v) is 9.66. The summed E-state index contributed by atoms with van der Waals surface area (Å²) in [7, 11) is 4.73. The molecule has 0 radical (unpaired) electrons. The van der Waals surface area contributed by atoms with E-state index in [4.69, 9.17) is 0 Å². The summed E-state index contributed by atoms with van der Waals surface area (Å²) in [5.41, 5.74) is 0.543. The van der Waals surface area contributed by atoms with Gasteiger partial charge in [-0.25, -0.2) is 4.79 Å². The van der Waals surface area contributed by atoms with Crippen molar-refractivity contribution in [3.05, 3.63) is 11.6 Å². The van der Waals surface area contributed by atoms with Gasteiger partial charge in [0.1, 0.15) is 0 Å². The van der Waals surface area contributed by atoms with E-state index in [1.54, 1.807) is 32.0 Å². The average molecular weight is 214 g/mol. The molecule has 15 heavy (non-hydrogen) atoms. The Morgan fingerprint density at radius 1 is 1.47 bits per heavy atom. The molecule has 0 aromatic rings. The monoisotopic (exact) mass is 214 g/mol. The first-order chi connectivity index (χ1) is 7.01. The van der Waals surface area contributed by atoms with Crippen LogP contribution in [0.5, 0.6) is 0 Å². The van der Waals surface area contributed by atoms with E-state index in [0.29, 0.717) is 18.7 Å². The van der Waals surface area contributed by atoms with Gasteiger partial charge >= 0.3 is 5.97 Å². The normalized spacial score (nSPS) is 11.4. The fourth-order valence-corrected chi connectivity index (χ4v) is 0.926. The Morgan fingerprint density at radius 3 is 2.53 bits per heavy atom. The summed E-state index contributed by atoms with van der Waals surface area (Å²) in [6.07, 6.45) is 1.73. The summed E-state index contributed by atoms with van der Waals surface area (Å²) >= 11 is 0. The molecule has 0 aliphatic rings. The van der Waals surface area contributed by atoms with E-state index >= 15 is 0 Å². The van der Waals surface area contributed by atoms with Crippen molar-refractivity contribution in [1.29, 1.82) is 0 Å². The molecule has 5 heteroatoms. The van der Waals surface area contributed by atoms with Crippen LogP contribution in [0.4, 0.5) is 0 Å². The van der Waals surface area contributed by atoms with Crippen LogP contribution in [0, 0.1) is 0 Å². The third kappa shape index (κ3) is 5.85. The fraction of sp³-hybridized carbons (Fsp3) is 0.600. The molecule has 0 unspecified atom stereocenters. The first kappa shape index (κ1) is 13.6. The highest BCUT2D eigenvalue weighted by Gasteiger charge is 2.05. The molecular weight excluding hydrogens is 196 g/mol. The highest BCUT2D eigenvalue weighted by molar-refractivity contribution is 5.87. The van der Waals surface area contributed by atoms with Gasteiger partial charge in [-0.05, 0) is 14.0 Å². The summed E-state index contributed by atoms with van der Waals surface area (Å²) in [4.78, 5) is 23.8. The van der Waals surface area contributed by atoms with E-state index in [2.05, 4.69) is 10.1 Å². The van der Waals surface area contributed by atoms with Crippen molar-refractivity contribution in [3.63, 3.8) is 0 Å². The zero-order valence-electron chi connectivity index (χ0n) is 9.66. The van der Waals surface area contributed by atoms with Gasteiger partial charge in [0.05, 0.1) is 13.7 Å². The van der Waals surface area contributed by atoms with Gasteiger partial charge < -0.3 is 10.1 Å². The number of ether oxygens (including phenoxy) is 1. The van der Waals surface area contributed by atoms with E-state index in [0.717, 1.165) is 0 Å². The summed E-state index contributed by atoms with van der Waals surface area (Å²) < 4.78 is 4.54.